The molecule has 1 aliphatic heterocycles. The van der Waals surface area contributed by atoms with E-state index < -0.39 is 0 Å². The molecule has 0 saturated carbocycles. The number of benzene rings is 1. The Balaban J connectivity index is 2.04. The van der Waals surface area contributed by atoms with Crippen molar-refractivity contribution >= 4 is 22.4 Å². The van der Waals surface area contributed by atoms with E-state index in [9.17, 15) is 0 Å². The second kappa shape index (κ2) is 3.84. The fourth-order valence-corrected chi connectivity index (χ4v) is 2.35. The molecule has 1 aliphatic rings. The Morgan fingerprint density at radius 2 is 2.06 bits per heavy atom. The van der Waals surface area contributed by atoms with E-state index in [1.54, 1.807) is 0 Å². The summed E-state index contributed by atoms with van der Waals surface area (Å²) in [7, 11) is 0. The molecule has 18 heavy (non-hydrogen) atoms. The number of morpholine rings is 1. The Morgan fingerprint density at radius 3 is 2.83 bits per heavy atom. The van der Waals surface area contributed by atoms with Crippen LogP contribution in [0.3, 0.4) is 0 Å². The van der Waals surface area contributed by atoms with Crippen molar-refractivity contribution in [2.75, 3.05) is 30.3 Å². The van der Waals surface area contributed by atoms with E-state index in [0.29, 0.717) is 23.3 Å². The lowest BCUT2D eigenvalue weighted by atomic mass is 10.1. The predicted octanol–water partition coefficient (Wildman–Crippen LogP) is 1.42. The average molecular weight is 248 g/mol. The average Bonchev–Trinajstić information content (AvgIpc) is 2.78. The van der Waals surface area contributed by atoms with E-state index >= 15 is 0 Å². The van der Waals surface area contributed by atoms with Gasteiger partial charge in [0.05, 0.1) is 23.6 Å². The molecule has 0 radical (unpaired) electrons. The summed E-state index contributed by atoms with van der Waals surface area (Å²) >= 11 is 0. The summed E-state index contributed by atoms with van der Waals surface area (Å²) in [6.07, 6.45) is 0. The maximum absolute atomic E-state index is 5.85. The first kappa shape index (κ1) is 11.3. The van der Waals surface area contributed by atoms with E-state index in [1.807, 2.05) is 12.1 Å². The molecule has 0 unspecified atom stereocenters. The molecule has 2 N–H and O–H groups in total. The van der Waals surface area contributed by atoms with Crippen LogP contribution >= 0.6 is 0 Å². The van der Waals surface area contributed by atoms with E-state index in [1.165, 1.54) is 0 Å². The van der Waals surface area contributed by atoms with Gasteiger partial charge >= 0.3 is 0 Å². The largest absolute Gasteiger partial charge is 0.397 e. The topological polar surface area (TPSA) is 77.4 Å². The minimum atomic E-state index is -0.164. The van der Waals surface area contributed by atoms with Crippen LogP contribution in [0.2, 0.25) is 0 Å². The summed E-state index contributed by atoms with van der Waals surface area (Å²) in [5.41, 5.74) is 8.60. The molecule has 1 aromatic heterocycles. The Bertz CT molecular complexity index is 578. The van der Waals surface area contributed by atoms with Gasteiger partial charge in [-0.05, 0) is 36.3 Å². The molecule has 0 spiro atoms. The number of ether oxygens (including phenoxy) is 1. The maximum atomic E-state index is 5.85. The van der Waals surface area contributed by atoms with E-state index in [2.05, 4.69) is 29.1 Å². The lowest BCUT2D eigenvalue weighted by molar-refractivity contribution is -0.0276. The number of fused-ring (bicyclic) bond motifs is 1. The normalized spacial score (nSPS) is 19.3. The zero-order valence-electron chi connectivity index (χ0n) is 10.5. The number of aromatic nitrogens is 2. The highest BCUT2D eigenvalue weighted by Crippen LogP contribution is 2.31. The van der Waals surface area contributed by atoms with Gasteiger partial charge < -0.3 is 15.4 Å². The first-order valence-corrected chi connectivity index (χ1v) is 5.96. The number of nitrogen functional groups attached to an aromatic ring is 1. The zero-order valence-corrected chi connectivity index (χ0v) is 10.5. The fourth-order valence-electron chi connectivity index (χ4n) is 2.35. The van der Waals surface area contributed by atoms with Gasteiger partial charge in [0.1, 0.15) is 0 Å². The molecule has 0 amide bonds. The molecule has 0 atom stereocenters. The van der Waals surface area contributed by atoms with Gasteiger partial charge in [-0.25, -0.2) is 4.63 Å². The van der Waals surface area contributed by atoms with E-state index in [4.69, 9.17) is 15.1 Å². The number of hydrogen-bond donors (Lipinski definition) is 1. The summed E-state index contributed by atoms with van der Waals surface area (Å²) in [5, 5.41) is 7.79. The van der Waals surface area contributed by atoms with Gasteiger partial charge in [0.25, 0.3) is 0 Å². The third-order valence-electron chi connectivity index (χ3n) is 3.19. The monoisotopic (exact) mass is 248 g/mol. The van der Waals surface area contributed by atoms with Crippen molar-refractivity contribution in [2.45, 2.75) is 19.4 Å². The summed E-state index contributed by atoms with van der Waals surface area (Å²) in [5.74, 6) is 0. The third kappa shape index (κ3) is 1.78. The highest BCUT2D eigenvalue weighted by Gasteiger charge is 2.29. The Kier molecular flexibility index (Phi) is 2.41. The van der Waals surface area contributed by atoms with Crippen molar-refractivity contribution in [3.63, 3.8) is 0 Å². The molecule has 1 saturated heterocycles. The first-order valence-electron chi connectivity index (χ1n) is 5.96. The summed E-state index contributed by atoms with van der Waals surface area (Å²) < 4.78 is 10.5. The number of nitrogens with two attached hydrogens (primary N) is 1. The van der Waals surface area contributed by atoms with Crippen LogP contribution in [0.15, 0.2) is 16.8 Å². The van der Waals surface area contributed by atoms with Crippen LogP contribution in [0.1, 0.15) is 13.8 Å². The van der Waals surface area contributed by atoms with Gasteiger partial charge in [0.2, 0.25) is 0 Å². The predicted molar refractivity (Wildman–Crippen MR) is 68.5 cm³/mol. The SMILES string of the molecule is CC1(C)CN(c2ccc(N)c3nonc23)CCO1. The highest BCUT2D eigenvalue weighted by atomic mass is 16.6. The molecule has 2 heterocycles. The van der Waals surface area contributed by atoms with Crippen LogP contribution in [0.25, 0.3) is 11.0 Å². The highest BCUT2D eigenvalue weighted by molar-refractivity contribution is 5.95. The van der Waals surface area contributed by atoms with Gasteiger partial charge in [-0.3, -0.25) is 0 Å². The second-order valence-electron chi connectivity index (χ2n) is 5.17. The minimum absolute atomic E-state index is 0.164. The molecule has 1 fully saturated rings. The molecule has 96 valence electrons. The van der Waals surface area contributed by atoms with Crippen molar-refractivity contribution < 1.29 is 9.37 Å². The Morgan fingerprint density at radius 1 is 1.28 bits per heavy atom. The van der Waals surface area contributed by atoms with Crippen LogP contribution < -0.4 is 10.6 Å². The van der Waals surface area contributed by atoms with Crippen LogP contribution in [0.5, 0.6) is 0 Å². The molecule has 0 bridgehead atoms. The molecule has 6 nitrogen and oxygen atoms in total. The molecule has 2 aromatic rings. The van der Waals surface area contributed by atoms with Crippen LogP contribution in [0.4, 0.5) is 11.4 Å². The van der Waals surface area contributed by atoms with Gasteiger partial charge in [-0.2, -0.15) is 0 Å². The summed E-state index contributed by atoms with van der Waals surface area (Å²) in [6.45, 7) is 6.49. The van der Waals surface area contributed by atoms with Crippen molar-refractivity contribution in [2.24, 2.45) is 0 Å². The van der Waals surface area contributed by atoms with Gasteiger partial charge in [-0.1, -0.05) is 0 Å². The van der Waals surface area contributed by atoms with E-state index in [-0.39, 0.29) is 5.60 Å². The molecule has 6 heteroatoms. The number of hydrogen-bond acceptors (Lipinski definition) is 6. The number of anilines is 2. The van der Waals surface area contributed by atoms with Crippen LogP contribution in [-0.2, 0) is 4.74 Å². The number of rotatable bonds is 1. The van der Waals surface area contributed by atoms with Gasteiger partial charge in [-0.15, -0.1) is 0 Å². The molecule has 3 rings (SSSR count). The van der Waals surface area contributed by atoms with Gasteiger partial charge in [0.15, 0.2) is 11.0 Å². The third-order valence-corrected chi connectivity index (χ3v) is 3.19. The van der Waals surface area contributed by atoms with Crippen molar-refractivity contribution in [3.8, 4) is 0 Å². The van der Waals surface area contributed by atoms with Gasteiger partial charge in [0, 0.05) is 13.1 Å². The first-order chi connectivity index (χ1) is 8.57. The van der Waals surface area contributed by atoms with Crippen molar-refractivity contribution in [1.82, 2.24) is 10.3 Å². The second-order valence-corrected chi connectivity index (χ2v) is 5.17. The van der Waals surface area contributed by atoms with Crippen molar-refractivity contribution in [1.29, 1.82) is 0 Å². The maximum Gasteiger partial charge on any atom is 0.160 e. The molecular formula is C12H16N4O2. The van der Waals surface area contributed by atoms with Crippen molar-refractivity contribution in [3.05, 3.63) is 12.1 Å². The smallest absolute Gasteiger partial charge is 0.160 e. The van der Waals surface area contributed by atoms with Crippen LogP contribution in [-0.4, -0.2) is 35.6 Å². The Labute approximate surface area is 105 Å². The minimum Gasteiger partial charge on any atom is -0.397 e. The fraction of sp³-hybridized carbons (Fsp3) is 0.500. The number of nitrogens with zero attached hydrogens (tertiary/aromatic N) is 3. The Hall–Kier alpha value is -1.82. The quantitative estimate of drug-likeness (QED) is 0.769. The zero-order chi connectivity index (χ0) is 12.8. The lowest BCUT2D eigenvalue weighted by Gasteiger charge is -2.39. The standard InChI is InChI=1S/C12H16N4O2/c1-12(2)7-16(5-6-17-12)9-4-3-8(13)10-11(9)15-18-14-10/h3-4H,5-7,13H2,1-2H3. The summed E-state index contributed by atoms with van der Waals surface area (Å²) in [6, 6.07) is 3.80. The molecule has 0 aliphatic carbocycles. The molecular weight excluding hydrogens is 232 g/mol. The van der Waals surface area contributed by atoms with E-state index in [0.717, 1.165) is 18.8 Å². The summed E-state index contributed by atoms with van der Waals surface area (Å²) in [4.78, 5) is 2.23. The lowest BCUT2D eigenvalue weighted by Crippen LogP contribution is -2.48. The van der Waals surface area contributed by atoms with Crippen LogP contribution in [0, 0.1) is 0 Å². The molecule has 1 aromatic carbocycles.